The zero-order valence-corrected chi connectivity index (χ0v) is 14.2. The molecule has 22 heavy (non-hydrogen) atoms. The molecule has 0 saturated heterocycles. The maximum absolute atomic E-state index is 11.7. The average molecular weight is 314 g/mol. The Morgan fingerprint density at radius 2 is 1.36 bits per heavy atom. The average Bonchev–Trinajstić information content (AvgIpc) is 2.48. The Balaban J connectivity index is 3.36. The Kier molecular flexibility index (Phi) is 14.4. The molecule has 0 aromatic carbocycles. The first-order valence-corrected chi connectivity index (χ1v) is 8.97. The van der Waals surface area contributed by atoms with Gasteiger partial charge >= 0.3 is 5.97 Å². The third-order valence-electron chi connectivity index (χ3n) is 3.99. The van der Waals surface area contributed by atoms with Gasteiger partial charge in [0.15, 0.2) is 0 Å². The summed E-state index contributed by atoms with van der Waals surface area (Å²) in [6.07, 6.45) is 11.6. The van der Waals surface area contributed by atoms with Gasteiger partial charge in [0.2, 0.25) is 0 Å². The number of hydrogen-bond acceptors (Lipinski definition) is 3. The number of hydrogen-bond donors (Lipinski definition) is 2. The highest BCUT2D eigenvalue weighted by Gasteiger charge is 2.08. The van der Waals surface area contributed by atoms with Gasteiger partial charge in [-0.1, -0.05) is 51.9 Å². The van der Waals surface area contributed by atoms with Crippen molar-refractivity contribution in [3.63, 3.8) is 0 Å². The van der Waals surface area contributed by atoms with Gasteiger partial charge in [-0.3, -0.25) is 9.59 Å². The molecule has 0 amide bonds. The standard InChI is InChI=1S/C18H34O4/c1-2-3-4-8-11-16(19)14-15-17(20)12-9-6-5-7-10-13-18(21)22/h16,19H,2-15H2,1H3,(H,21,22). The van der Waals surface area contributed by atoms with Crippen LogP contribution in [0.1, 0.15) is 96.8 Å². The van der Waals surface area contributed by atoms with Crippen molar-refractivity contribution in [1.82, 2.24) is 0 Å². The lowest BCUT2D eigenvalue weighted by Crippen LogP contribution is -2.09. The summed E-state index contributed by atoms with van der Waals surface area (Å²) in [7, 11) is 0. The largest absolute Gasteiger partial charge is 0.481 e. The van der Waals surface area contributed by atoms with Crippen LogP contribution in [0.2, 0.25) is 0 Å². The van der Waals surface area contributed by atoms with Gasteiger partial charge in [0.1, 0.15) is 5.78 Å². The minimum Gasteiger partial charge on any atom is -0.481 e. The molecule has 2 N–H and O–H groups in total. The molecule has 0 radical (unpaired) electrons. The van der Waals surface area contributed by atoms with Gasteiger partial charge in [0.25, 0.3) is 0 Å². The predicted octanol–water partition coefficient (Wildman–Crippen LogP) is 4.48. The van der Waals surface area contributed by atoms with Crippen molar-refractivity contribution in [2.24, 2.45) is 0 Å². The van der Waals surface area contributed by atoms with Crippen molar-refractivity contribution in [1.29, 1.82) is 0 Å². The van der Waals surface area contributed by atoms with Gasteiger partial charge in [-0.05, 0) is 25.7 Å². The van der Waals surface area contributed by atoms with Gasteiger partial charge < -0.3 is 10.2 Å². The number of carboxylic acids is 1. The van der Waals surface area contributed by atoms with E-state index in [1.54, 1.807) is 0 Å². The molecule has 1 unspecified atom stereocenters. The Morgan fingerprint density at radius 1 is 0.773 bits per heavy atom. The zero-order chi connectivity index (χ0) is 16.6. The van der Waals surface area contributed by atoms with Gasteiger partial charge in [-0.25, -0.2) is 0 Å². The fourth-order valence-electron chi connectivity index (χ4n) is 2.53. The van der Waals surface area contributed by atoms with E-state index in [1.165, 1.54) is 19.3 Å². The normalized spacial score (nSPS) is 12.3. The van der Waals surface area contributed by atoms with Crippen LogP contribution in [-0.4, -0.2) is 28.1 Å². The highest BCUT2D eigenvalue weighted by atomic mass is 16.4. The summed E-state index contributed by atoms with van der Waals surface area (Å²) in [5.74, 6) is -0.485. The molecule has 0 aliphatic heterocycles. The van der Waals surface area contributed by atoms with E-state index in [2.05, 4.69) is 6.92 Å². The van der Waals surface area contributed by atoms with Crippen LogP contribution in [0, 0.1) is 0 Å². The third-order valence-corrected chi connectivity index (χ3v) is 3.99. The third kappa shape index (κ3) is 15.5. The van der Waals surface area contributed by atoms with Crippen molar-refractivity contribution < 1.29 is 19.8 Å². The van der Waals surface area contributed by atoms with Gasteiger partial charge in [0, 0.05) is 19.3 Å². The predicted molar refractivity (Wildman–Crippen MR) is 89.0 cm³/mol. The van der Waals surface area contributed by atoms with Crippen LogP contribution in [-0.2, 0) is 9.59 Å². The smallest absolute Gasteiger partial charge is 0.303 e. The van der Waals surface area contributed by atoms with Crippen molar-refractivity contribution in [2.45, 2.75) is 103 Å². The minimum atomic E-state index is -0.733. The quantitative estimate of drug-likeness (QED) is 0.412. The number of unbranched alkanes of at least 4 members (excludes halogenated alkanes) is 7. The van der Waals surface area contributed by atoms with E-state index >= 15 is 0 Å². The second kappa shape index (κ2) is 15.0. The number of carbonyl (C=O) groups is 2. The van der Waals surface area contributed by atoms with E-state index in [0.29, 0.717) is 19.3 Å². The summed E-state index contributed by atoms with van der Waals surface area (Å²) in [6.45, 7) is 2.17. The first-order valence-electron chi connectivity index (χ1n) is 8.97. The number of rotatable bonds is 16. The number of carbonyl (C=O) groups excluding carboxylic acids is 1. The summed E-state index contributed by atoms with van der Waals surface area (Å²) in [4.78, 5) is 22.1. The molecule has 0 saturated carbocycles. The maximum atomic E-state index is 11.7. The number of ketones is 1. The van der Waals surface area contributed by atoms with Crippen molar-refractivity contribution in [3.8, 4) is 0 Å². The second-order valence-electron chi connectivity index (χ2n) is 6.24. The first kappa shape index (κ1) is 21.1. The molecule has 0 heterocycles. The second-order valence-corrected chi connectivity index (χ2v) is 6.24. The summed E-state index contributed by atoms with van der Waals surface area (Å²) in [5.41, 5.74) is 0. The molecule has 1 atom stereocenters. The molecule has 0 aromatic heterocycles. The fourth-order valence-corrected chi connectivity index (χ4v) is 2.53. The maximum Gasteiger partial charge on any atom is 0.303 e. The van der Waals surface area contributed by atoms with Crippen LogP contribution in [0.15, 0.2) is 0 Å². The molecular weight excluding hydrogens is 280 g/mol. The van der Waals surface area contributed by atoms with Crippen molar-refractivity contribution in [3.05, 3.63) is 0 Å². The van der Waals surface area contributed by atoms with Crippen molar-refractivity contribution in [2.75, 3.05) is 0 Å². The van der Waals surface area contributed by atoms with E-state index in [0.717, 1.165) is 44.9 Å². The lowest BCUT2D eigenvalue weighted by molar-refractivity contribution is -0.137. The number of carboxylic acid groups (broad SMARTS) is 1. The molecule has 0 aliphatic rings. The zero-order valence-electron chi connectivity index (χ0n) is 14.2. The van der Waals surface area contributed by atoms with E-state index in [9.17, 15) is 14.7 Å². The molecule has 0 spiro atoms. The van der Waals surface area contributed by atoms with Crippen LogP contribution in [0.4, 0.5) is 0 Å². The molecule has 0 aliphatic carbocycles. The van der Waals surface area contributed by atoms with E-state index in [-0.39, 0.29) is 18.3 Å². The lowest BCUT2D eigenvalue weighted by atomic mass is 10.0. The van der Waals surface area contributed by atoms with Gasteiger partial charge in [-0.15, -0.1) is 0 Å². The Bertz CT molecular complexity index is 289. The Hall–Kier alpha value is -0.900. The van der Waals surface area contributed by atoms with Crippen LogP contribution < -0.4 is 0 Å². The van der Waals surface area contributed by atoms with Crippen LogP contribution in [0.5, 0.6) is 0 Å². The highest BCUT2D eigenvalue weighted by molar-refractivity contribution is 5.78. The van der Waals surface area contributed by atoms with E-state index in [1.807, 2.05) is 0 Å². The van der Waals surface area contributed by atoms with Crippen LogP contribution in [0.3, 0.4) is 0 Å². The summed E-state index contributed by atoms with van der Waals surface area (Å²) < 4.78 is 0. The molecule has 0 aromatic rings. The monoisotopic (exact) mass is 314 g/mol. The van der Waals surface area contributed by atoms with Crippen LogP contribution in [0.25, 0.3) is 0 Å². The number of Topliss-reactive ketones (excluding diaryl/α,β-unsaturated/α-hetero) is 1. The summed E-state index contributed by atoms with van der Waals surface area (Å²) in [6, 6.07) is 0. The SMILES string of the molecule is CCCCCCC(O)CCC(=O)CCCCCCCC(=O)O. The molecule has 0 fully saturated rings. The first-order chi connectivity index (χ1) is 10.6. The van der Waals surface area contributed by atoms with Gasteiger partial charge in [-0.2, -0.15) is 0 Å². The lowest BCUT2D eigenvalue weighted by Gasteiger charge is -2.09. The van der Waals surface area contributed by atoms with Gasteiger partial charge in [0.05, 0.1) is 6.10 Å². The van der Waals surface area contributed by atoms with Crippen molar-refractivity contribution >= 4 is 11.8 Å². The topological polar surface area (TPSA) is 74.6 Å². The Labute approximate surface area is 135 Å². The highest BCUT2D eigenvalue weighted by Crippen LogP contribution is 2.12. The van der Waals surface area contributed by atoms with Crippen LogP contribution >= 0.6 is 0 Å². The number of aliphatic hydroxyl groups excluding tert-OH is 1. The summed E-state index contributed by atoms with van der Waals surface area (Å²) in [5, 5.41) is 18.3. The Morgan fingerprint density at radius 3 is 2.00 bits per heavy atom. The van der Waals surface area contributed by atoms with E-state index < -0.39 is 5.97 Å². The van der Waals surface area contributed by atoms with E-state index in [4.69, 9.17) is 5.11 Å². The molecule has 4 nitrogen and oxygen atoms in total. The molecular formula is C18H34O4. The molecule has 0 rings (SSSR count). The fraction of sp³-hybridized carbons (Fsp3) is 0.889. The minimum absolute atomic E-state index is 0.245. The summed E-state index contributed by atoms with van der Waals surface area (Å²) >= 11 is 0. The number of aliphatic carboxylic acids is 1. The molecule has 130 valence electrons. The molecule has 0 bridgehead atoms. The number of aliphatic hydroxyl groups is 1. The molecule has 4 heteroatoms.